The fraction of sp³-hybridized carbons (Fsp3) is 0.667. The monoisotopic (exact) mass is 270 g/mol. The molecule has 0 bridgehead atoms. The Balaban J connectivity index is 0. The van der Waals surface area contributed by atoms with Crippen LogP contribution in [0.5, 0.6) is 0 Å². The molecule has 0 aromatic carbocycles. The second kappa shape index (κ2) is 3.51. The summed E-state index contributed by atoms with van der Waals surface area (Å²) in [5, 5.41) is 9.09. The van der Waals surface area contributed by atoms with Crippen molar-refractivity contribution in [1.29, 1.82) is 0 Å². The van der Waals surface area contributed by atoms with E-state index in [0.717, 1.165) is 0 Å². The first-order chi connectivity index (χ1) is 4.19. The van der Waals surface area contributed by atoms with Crippen molar-refractivity contribution in [3.63, 3.8) is 0 Å². The van der Waals surface area contributed by atoms with E-state index in [2.05, 4.69) is 0 Å². The Morgan fingerprint density at radius 2 is 1.36 bits per heavy atom. The molecule has 0 aromatic rings. The van der Waals surface area contributed by atoms with Crippen molar-refractivity contribution < 1.29 is 54.2 Å². The number of aliphatic carboxylic acids is 1. The maximum absolute atomic E-state index is 11.3. The third-order valence-corrected chi connectivity index (χ3v) is 0.612. The number of rotatable bonds is 1. The molecule has 0 spiro atoms. The molecule has 0 aromatic heterocycles. The molecule has 0 heterocycles. The predicted molar refractivity (Wildman–Crippen MR) is 16.0 cm³/mol. The van der Waals surface area contributed by atoms with E-state index in [4.69, 9.17) is 9.90 Å². The largest absolute Gasteiger partial charge is 1.00 e. The molecule has 11 heavy (non-hydrogen) atoms. The number of carbonyl (C=O) groups excluding carboxylic acids is 1. The molecular weight excluding hydrogens is 271 g/mol. The second-order valence-corrected chi connectivity index (χ2v) is 1.36. The fourth-order valence-corrected chi connectivity index (χ4v) is 0.116. The van der Waals surface area contributed by atoms with Crippen LogP contribution >= 0.6 is 0 Å². The average molecular weight is 271 g/mol. The Hall–Kier alpha value is -0.140. The zero-order valence-electron chi connectivity index (χ0n) is 4.51. The quantitative estimate of drug-likeness (QED) is 0.495. The second-order valence-electron chi connectivity index (χ2n) is 1.36. The number of hydrogen-bond acceptors (Lipinski definition) is 2. The smallest absolute Gasteiger partial charge is 0.544 e. The molecular formula is C3AgF5O2. The van der Waals surface area contributed by atoms with Crippen molar-refractivity contribution in [2.75, 3.05) is 0 Å². The fourth-order valence-electron chi connectivity index (χ4n) is 0.116. The molecule has 70 valence electrons. The van der Waals surface area contributed by atoms with Gasteiger partial charge in [-0.25, -0.2) is 0 Å². The summed E-state index contributed by atoms with van der Waals surface area (Å²) in [5.74, 6) is -9.20. The van der Waals surface area contributed by atoms with Crippen molar-refractivity contribution >= 4 is 5.97 Å². The molecule has 0 fully saturated rings. The topological polar surface area (TPSA) is 40.1 Å². The molecule has 8 heteroatoms. The maximum atomic E-state index is 11.3. The summed E-state index contributed by atoms with van der Waals surface area (Å²) in [6.45, 7) is 0. The molecule has 0 aliphatic carbocycles. The molecule has 0 unspecified atom stereocenters. The molecule has 0 radical (unpaired) electrons. The Bertz CT molecular complexity index is 152. The van der Waals surface area contributed by atoms with Gasteiger partial charge in [-0.3, -0.25) is 0 Å². The van der Waals surface area contributed by atoms with E-state index >= 15 is 0 Å². The summed E-state index contributed by atoms with van der Waals surface area (Å²) >= 11 is 0. The van der Waals surface area contributed by atoms with E-state index in [9.17, 15) is 22.0 Å². The van der Waals surface area contributed by atoms with Gasteiger partial charge in [-0.15, -0.1) is 0 Å². The molecule has 0 saturated carbocycles. The van der Waals surface area contributed by atoms with Crippen LogP contribution in [0.2, 0.25) is 0 Å². The standard InChI is InChI=1S/C3HF5O2.Ag/c4-2(5,1(9)10)3(6,7)8;/h(H,9,10);/q;+1/p-1. The van der Waals surface area contributed by atoms with Crippen molar-refractivity contribution in [3.8, 4) is 0 Å². The first-order valence-electron chi connectivity index (χ1n) is 1.85. The molecule has 0 amide bonds. The first-order valence-corrected chi connectivity index (χ1v) is 1.85. The van der Waals surface area contributed by atoms with Gasteiger partial charge in [0.2, 0.25) is 0 Å². The van der Waals surface area contributed by atoms with E-state index in [1.807, 2.05) is 0 Å². The van der Waals surface area contributed by atoms with Crippen molar-refractivity contribution in [3.05, 3.63) is 0 Å². The first kappa shape index (κ1) is 13.5. The SMILES string of the molecule is O=C([O-])C(F)(F)C(F)(F)F.[Ag+]. The number of halogens is 5. The average Bonchev–Trinajstić information content (AvgIpc) is 1.62. The normalized spacial score (nSPS) is 12.1. The Kier molecular flexibility index (Phi) is 4.29. The predicted octanol–water partition coefficient (Wildman–Crippen LogP) is -0.0686. The molecule has 0 atom stereocenters. The van der Waals surface area contributed by atoms with E-state index in [0.29, 0.717) is 0 Å². The van der Waals surface area contributed by atoms with Crippen LogP contribution < -0.4 is 5.11 Å². The van der Waals surface area contributed by atoms with Gasteiger partial charge in [0.05, 0.1) is 0 Å². The third-order valence-electron chi connectivity index (χ3n) is 0.612. The van der Waals surface area contributed by atoms with Crippen LogP contribution in [0.25, 0.3) is 0 Å². The van der Waals surface area contributed by atoms with Gasteiger partial charge < -0.3 is 9.90 Å². The zero-order chi connectivity index (χ0) is 8.58. The minimum atomic E-state index is -6.08. The number of hydrogen-bond donors (Lipinski definition) is 0. The van der Waals surface area contributed by atoms with Gasteiger partial charge in [0.25, 0.3) is 0 Å². The summed E-state index contributed by atoms with van der Waals surface area (Å²) in [4.78, 5) is 9.09. The Morgan fingerprint density at radius 3 is 1.36 bits per heavy atom. The number of carboxylic acid groups (broad SMARTS) is 1. The van der Waals surface area contributed by atoms with Crippen LogP contribution in [0, 0.1) is 0 Å². The van der Waals surface area contributed by atoms with E-state index in [1.165, 1.54) is 0 Å². The molecule has 0 rings (SSSR count). The summed E-state index contributed by atoms with van der Waals surface area (Å²) in [6.07, 6.45) is -6.08. The van der Waals surface area contributed by atoms with Gasteiger partial charge in [-0.2, -0.15) is 22.0 Å². The summed E-state index contributed by atoms with van der Waals surface area (Å²) < 4.78 is 55.3. The zero-order valence-corrected chi connectivity index (χ0v) is 5.99. The number of alkyl halides is 5. The van der Waals surface area contributed by atoms with Crippen LogP contribution in [0.15, 0.2) is 0 Å². The van der Waals surface area contributed by atoms with Gasteiger partial charge in [-0.1, -0.05) is 0 Å². The minimum Gasteiger partial charge on any atom is -0.544 e. The summed E-state index contributed by atoms with van der Waals surface area (Å²) in [6, 6.07) is 0. The van der Waals surface area contributed by atoms with Crippen molar-refractivity contribution in [2.24, 2.45) is 0 Å². The van der Waals surface area contributed by atoms with Gasteiger partial charge in [0.1, 0.15) is 5.97 Å². The van der Waals surface area contributed by atoms with E-state index in [-0.39, 0.29) is 22.4 Å². The molecule has 0 saturated heterocycles. The van der Waals surface area contributed by atoms with Gasteiger partial charge in [-0.05, 0) is 0 Å². The summed E-state index contributed by atoms with van der Waals surface area (Å²) in [7, 11) is 0. The summed E-state index contributed by atoms with van der Waals surface area (Å²) in [5.41, 5.74) is 0. The van der Waals surface area contributed by atoms with E-state index < -0.39 is 18.1 Å². The Labute approximate surface area is 72.9 Å². The van der Waals surface area contributed by atoms with Gasteiger partial charge in [0.15, 0.2) is 0 Å². The number of carboxylic acids is 1. The number of carbonyl (C=O) groups is 1. The van der Waals surface area contributed by atoms with Crippen molar-refractivity contribution in [2.45, 2.75) is 12.1 Å². The molecule has 0 N–H and O–H groups in total. The molecule has 2 nitrogen and oxygen atoms in total. The Morgan fingerprint density at radius 1 is 1.09 bits per heavy atom. The van der Waals surface area contributed by atoms with Gasteiger partial charge in [0, 0.05) is 0 Å². The van der Waals surface area contributed by atoms with Gasteiger partial charge >= 0.3 is 34.5 Å². The molecule has 0 aliphatic rings. The van der Waals surface area contributed by atoms with Crippen molar-refractivity contribution in [1.82, 2.24) is 0 Å². The van der Waals surface area contributed by atoms with E-state index in [1.54, 1.807) is 0 Å². The minimum absolute atomic E-state index is 0. The van der Waals surface area contributed by atoms with Crippen LogP contribution in [0.3, 0.4) is 0 Å². The maximum Gasteiger partial charge on any atom is 1.00 e. The van der Waals surface area contributed by atoms with Crippen LogP contribution in [-0.2, 0) is 27.2 Å². The van der Waals surface area contributed by atoms with Crippen LogP contribution in [0.4, 0.5) is 22.0 Å². The van der Waals surface area contributed by atoms with Crippen LogP contribution in [-0.4, -0.2) is 18.1 Å². The third kappa shape index (κ3) is 2.76. The van der Waals surface area contributed by atoms with Crippen LogP contribution in [0.1, 0.15) is 0 Å². The molecule has 0 aliphatic heterocycles.